The number of nitrogens with zero attached hydrogens (tertiary/aromatic N) is 1. The van der Waals surface area contributed by atoms with Crippen molar-refractivity contribution < 1.29 is 5.11 Å². The van der Waals surface area contributed by atoms with Gasteiger partial charge in [0, 0.05) is 30.3 Å². The van der Waals surface area contributed by atoms with E-state index in [1.807, 2.05) is 0 Å². The van der Waals surface area contributed by atoms with E-state index in [0.717, 1.165) is 13.0 Å². The number of aliphatic hydroxyl groups is 1. The van der Waals surface area contributed by atoms with Crippen LogP contribution in [0.4, 0.5) is 5.69 Å². The Bertz CT molecular complexity index is 427. The van der Waals surface area contributed by atoms with Crippen LogP contribution in [-0.4, -0.2) is 23.8 Å². The lowest BCUT2D eigenvalue weighted by atomic mass is 9.88. The second-order valence-electron chi connectivity index (χ2n) is 6.22. The molecule has 1 N–H and O–H groups in total. The first kappa shape index (κ1) is 13.4. The molecule has 1 fully saturated rings. The van der Waals surface area contributed by atoms with E-state index in [9.17, 15) is 5.11 Å². The van der Waals surface area contributed by atoms with Crippen LogP contribution >= 0.6 is 0 Å². The fraction of sp³-hybridized carbons (Fsp3) is 0.625. The molecular weight excluding hydrogens is 222 g/mol. The van der Waals surface area contributed by atoms with E-state index in [1.165, 1.54) is 22.4 Å². The standard InChI is InChI=1S/C16H25NO/c1-11-8-12(2)15(13(3)9-11)17-7-6-14(10-18)16(17,4)5/h8-9,14,18H,6-7,10H2,1-5H3. The Labute approximate surface area is 111 Å². The van der Waals surface area contributed by atoms with Crippen molar-refractivity contribution in [2.45, 2.75) is 46.6 Å². The summed E-state index contributed by atoms with van der Waals surface area (Å²) in [5.74, 6) is 0.373. The monoisotopic (exact) mass is 247 g/mol. The predicted octanol–water partition coefficient (Wildman–Crippen LogP) is 3.21. The number of hydrogen-bond donors (Lipinski definition) is 1. The van der Waals surface area contributed by atoms with Gasteiger partial charge in [0.05, 0.1) is 0 Å². The summed E-state index contributed by atoms with van der Waals surface area (Å²) in [4.78, 5) is 2.48. The number of aryl methyl sites for hydroxylation is 3. The predicted molar refractivity (Wildman–Crippen MR) is 77.3 cm³/mol. The molecule has 0 saturated carbocycles. The van der Waals surface area contributed by atoms with E-state index >= 15 is 0 Å². The van der Waals surface area contributed by atoms with Gasteiger partial charge in [-0.25, -0.2) is 0 Å². The highest BCUT2D eigenvalue weighted by atomic mass is 16.3. The molecule has 0 spiro atoms. The summed E-state index contributed by atoms with van der Waals surface area (Å²) in [5.41, 5.74) is 5.42. The molecule has 1 aliphatic heterocycles. The van der Waals surface area contributed by atoms with Crippen molar-refractivity contribution in [3.05, 3.63) is 28.8 Å². The summed E-state index contributed by atoms with van der Waals surface area (Å²) in [5, 5.41) is 9.52. The van der Waals surface area contributed by atoms with Gasteiger partial charge in [-0.05, 0) is 52.2 Å². The Morgan fingerprint density at radius 3 is 2.22 bits per heavy atom. The van der Waals surface area contributed by atoms with Crippen LogP contribution in [0, 0.1) is 26.7 Å². The van der Waals surface area contributed by atoms with E-state index in [4.69, 9.17) is 0 Å². The zero-order chi connectivity index (χ0) is 13.5. The van der Waals surface area contributed by atoms with Crippen LogP contribution in [0.1, 0.15) is 37.0 Å². The van der Waals surface area contributed by atoms with E-state index in [1.54, 1.807) is 0 Å². The van der Waals surface area contributed by atoms with E-state index < -0.39 is 0 Å². The third-order valence-electron chi connectivity index (χ3n) is 4.52. The number of rotatable bonds is 2. The van der Waals surface area contributed by atoms with E-state index in [2.05, 4.69) is 51.7 Å². The Morgan fingerprint density at radius 1 is 1.22 bits per heavy atom. The second kappa shape index (κ2) is 4.58. The van der Waals surface area contributed by atoms with Crippen molar-refractivity contribution in [3.63, 3.8) is 0 Å². The first-order valence-corrected chi connectivity index (χ1v) is 6.84. The van der Waals surface area contributed by atoms with Crippen LogP contribution in [0.3, 0.4) is 0 Å². The lowest BCUT2D eigenvalue weighted by molar-refractivity contribution is 0.189. The smallest absolute Gasteiger partial charge is 0.0482 e. The van der Waals surface area contributed by atoms with Crippen LogP contribution in [0.25, 0.3) is 0 Å². The minimum atomic E-state index is 0.0412. The lowest BCUT2D eigenvalue weighted by Gasteiger charge is -2.39. The highest BCUT2D eigenvalue weighted by Gasteiger charge is 2.41. The van der Waals surface area contributed by atoms with Gasteiger partial charge in [-0.2, -0.15) is 0 Å². The Hall–Kier alpha value is -1.02. The third kappa shape index (κ3) is 2.03. The molecule has 1 aromatic carbocycles. The largest absolute Gasteiger partial charge is 0.396 e. The molecule has 1 unspecified atom stereocenters. The average Bonchev–Trinajstić information content (AvgIpc) is 2.53. The maximum absolute atomic E-state index is 9.52. The highest BCUT2D eigenvalue weighted by molar-refractivity contribution is 5.62. The molecule has 2 rings (SSSR count). The van der Waals surface area contributed by atoms with Gasteiger partial charge in [-0.15, -0.1) is 0 Å². The molecule has 2 nitrogen and oxygen atoms in total. The Kier molecular flexibility index (Phi) is 3.41. The van der Waals surface area contributed by atoms with Crippen molar-refractivity contribution in [2.24, 2.45) is 5.92 Å². The van der Waals surface area contributed by atoms with Crippen molar-refractivity contribution >= 4 is 5.69 Å². The molecule has 0 radical (unpaired) electrons. The molecule has 0 aliphatic carbocycles. The molecule has 1 saturated heterocycles. The van der Waals surface area contributed by atoms with Crippen molar-refractivity contribution in [1.82, 2.24) is 0 Å². The van der Waals surface area contributed by atoms with Crippen LogP contribution < -0.4 is 4.90 Å². The summed E-state index contributed by atoms with van der Waals surface area (Å²) in [6.07, 6.45) is 1.08. The Balaban J connectivity index is 2.45. The summed E-state index contributed by atoms with van der Waals surface area (Å²) in [7, 11) is 0. The van der Waals surface area contributed by atoms with Gasteiger partial charge in [0.1, 0.15) is 0 Å². The molecule has 1 aliphatic rings. The fourth-order valence-electron chi connectivity index (χ4n) is 3.46. The van der Waals surface area contributed by atoms with Crippen molar-refractivity contribution in [3.8, 4) is 0 Å². The highest BCUT2D eigenvalue weighted by Crippen LogP contribution is 2.40. The first-order valence-electron chi connectivity index (χ1n) is 6.84. The summed E-state index contributed by atoms with van der Waals surface area (Å²) in [6, 6.07) is 4.51. The molecule has 1 atom stereocenters. The van der Waals surface area contributed by atoms with Gasteiger partial charge in [-0.3, -0.25) is 0 Å². The minimum Gasteiger partial charge on any atom is -0.396 e. The number of aliphatic hydroxyl groups excluding tert-OH is 1. The molecule has 0 aromatic heterocycles. The molecule has 1 heterocycles. The van der Waals surface area contributed by atoms with Crippen LogP contribution in [0.15, 0.2) is 12.1 Å². The SMILES string of the molecule is Cc1cc(C)c(N2CCC(CO)C2(C)C)c(C)c1. The molecule has 100 valence electrons. The number of benzene rings is 1. The number of hydrogen-bond acceptors (Lipinski definition) is 2. The van der Waals surface area contributed by atoms with Gasteiger partial charge in [0.2, 0.25) is 0 Å². The van der Waals surface area contributed by atoms with Gasteiger partial charge < -0.3 is 10.0 Å². The minimum absolute atomic E-state index is 0.0412. The molecule has 1 aromatic rings. The van der Waals surface area contributed by atoms with Crippen molar-refractivity contribution in [2.75, 3.05) is 18.1 Å². The summed E-state index contributed by atoms with van der Waals surface area (Å²) in [6.45, 7) is 12.4. The van der Waals surface area contributed by atoms with Gasteiger partial charge >= 0.3 is 0 Å². The summed E-state index contributed by atoms with van der Waals surface area (Å²) < 4.78 is 0. The molecule has 18 heavy (non-hydrogen) atoms. The topological polar surface area (TPSA) is 23.5 Å². The van der Waals surface area contributed by atoms with E-state index in [0.29, 0.717) is 5.92 Å². The maximum atomic E-state index is 9.52. The molecular formula is C16H25NO. The van der Waals surface area contributed by atoms with Crippen molar-refractivity contribution in [1.29, 1.82) is 0 Å². The molecule has 0 bridgehead atoms. The zero-order valence-corrected chi connectivity index (χ0v) is 12.2. The van der Waals surface area contributed by atoms with Gasteiger partial charge in [0.15, 0.2) is 0 Å². The van der Waals surface area contributed by atoms with Gasteiger partial charge in [-0.1, -0.05) is 17.7 Å². The lowest BCUT2D eigenvalue weighted by Crippen LogP contribution is -2.44. The van der Waals surface area contributed by atoms with Crippen LogP contribution in [0.5, 0.6) is 0 Å². The second-order valence-corrected chi connectivity index (χ2v) is 6.22. The van der Waals surface area contributed by atoms with Crippen LogP contribution in [-0.2, 0) is 0 Å². The van der Waals surface area contributed by atoms with Crippen LogP contribution in [0.2, 0.25) is 0 Å². The quantitative estimate of drug-likeness (QED) is 0.867. The summed E-state index contributed by atoms with van der Waals surface area (Å²) >= 11 is 0. The zero-order valence-electron chi connectivity index (χ0n) is 12.2. The fourth-order valence-corrected chi connectivity index (χ4v) is 3.46. The average molecular weight is 247 g/mol. The number of anilines is 1. The van der Waals surface area contributed by atoms with Gasteiger partial charge in [0.25, 0.3) is 0 Å². The third-order valence-corrected chi connectivity index (χ3v) is 4.52. The molecule has 0 amide bonds. The first-order chi connectivity index (χ1) is 8.37. The Morgan fingerprint density at radius 2 is 1.78 bits per heavy atom. The molecule has 2 heteroatoms. The maximum Gasteiger partial charge on any atom is 0.0482 e. The normalized spacial score (nSPS) is 22.6. The van der Waals surface area contributed by atoms with E-state index in [-0.39, 0.29) is 12.1 Å².